The highest BCUT2D eigenvalue weighted by molar-refractivity contribution is 6.17. The van der Waals surface area contributed by atoms with E-state index < -0.39 is 0 Å². The summed E-state index contributed by atoms with van der Waals surface area (Å²) in [5.74, 6) is 0. The molecule has 0 bridgehead atoms. The Morgan fingerprint density at radius 2 is 0.977 bits per heavy atom. The highest BCUT2D eigenvalue weighted by atomic mass is 16.3. The molecule has 0 aliphatic heterocycles. The molecule has 44 heavy (non-hydrogen) atoms. The molecule has 9 aromatic rings. The first kappa shape index (κ1) is 24.7. The van der Waals surface area contributed by atoms with E-state index in [1.807, 2.05) is 0 Å². The Balaban J connectivity index is 1.27. The third kappa shape index (κ3) is 3.96. The molecule has 0 aliphatic rings. The zero-order valence-corrected chi connectivity index (χ0v) is 23.9. The second kappa shape index (κ2) is 9.86. The Bertz CT molecular complexity index is 2480. The summed E-state index contributed by atoms with van der Waals surface area (Å²) in [6.45, 7) is 0. The molecule has 0 radical (unpaired) electrons. The Labute approximate surface area is 255 Å². The number of benzene rings is 8. The van der Waals surface area contributed by atoms with Gasteiger partial charge in [-0.3, -0.25) is 0 Å². The van der Waals surface area contributed by atoms with Crippen molar-refractivity contribution in [1.29, 1.82) is 0 Å². The van der Waals surface area contributed by atoms with Gasteiger partial charge in [0.05, 0.1) is 5.69 Å². The maximum atomic E-state index is 6.44. The van der Waals surface area contributed by atoms with Crippen LogP contribution < -0.4 is 4.90 Å². The van der Waals surface area contributed by atoms with Crippen LogP contribution >= 0.6 is 0 Å². The van der Waals surface area contributed by atoms with Crippen molar-refractivity contribution in [3.8, 4) is 11.1 Å². The molecule has 0 spiro atoms. The van der Waals surface area contributed by atoms with E-state index in [0.29, 0.717) is 0 Å². The Kier molecular flexibility index (Phi) is 5.54. The summed E-state index contributed by atoms with van der Waals surface area (Å²) in [5, 5.41) is 9.59. The summed E-state index contributed by atoms with van der Waals surface area (Å²) in [6.07, 6.45) is 0. The number of hydrogen-bond donors (Lipinski definition) is 0. The van der Waals surface area contributed by atoms with Gasteiger partial charge >= 0.3 is 0 Å². The molecule has 0 saturated heterocycles. The summed E-state index contributed by atoms with van der Waals surface area (Å²) in [4.78, 5) is 2.37. The normalized spacial score (nSPS) is 11.6. The topological polar surface area (TPSA) is 16.4 Å². The van der Waals surface area contributed by atoms with Gasteiger partial charge in [0.25, 0.3) is 0 Å². The average molecular weight is 562 g/mol. The van der Waals surface area contributed by atoms with E-state index >= 15 is 0 Å². The molecule has 0 N–H and O–H groups in total. The maximum Gasteiger partial charge on any atom is 0.136 e. The second-order valence-corrected chi connectivity index (χ2v) is 11.4. The average Bonchev–Trinajstić information content (AvgIpc) is 3.45. The van der Waals surface area contributed by atoms with Crippen LogP contribution in [0.4, 0.5) is 17.1 Å². The van der Waals surface area contributed by atoms with Crippen molar-refractivity contribution < 1.29 is 4.42 Å². The molecule has 0 fully saturated rings. The van der Waals surface area contributed by atoms with E-state index in [9.17, 15) is 0 Å². The minimum Gasteiger partial charge on any atom is -0.456 e. The number of hydrogen-bond acceptors (Lipinski definition) is 2. The minimum absolute atomic E-state index is 0.889. The maximum absolute atomic E-state index is 6.44. The number of nitrogens with zero attached hydrogens (tertiary/aromatic N) is 1. The fraction of sp³-hybridized carbons (Fsp3) is 0. The first-order valence-corrected chi connectivity index (χ1v) is 15.0. The van der Waals surface area contributed by atoms with Gasteiger partial charge < -0.3 is 9.32 Å². The van der Waals surface area contributed by atoms with Crippen LogP contribution in [-0.2, 0) is 0 Å². The van der Waals surface area contributed by atoms with Crippen LogP contribution in [0.5, 0.6) is 0 Å². The molecule has 1 heterocycles. The predicted octanol–water partition coefficient (Wildman–Crippen LogP) is 12.2. The van der Waals surface area contributed by atoms with Crippen LogP contribution in [0.1, 0.15) is 0 Å². The molecule has 206 valence electrons. The lowest BCUT2D eigenvalue weighted by atomic mass is 9.99. The van der Waals surface area contributed by atoms with Crippen LogP contribution in [0, 0.1) is 0 Å². The number of fused-ring (bicyclic) bond motifs is 7. The quantitative estimate of drug-likeness (QED) is 0.199. The second-order valence-electron chi connectivity index (χ2n) is 11.4. The van der Waals surface area contributed by atoms with E-state index in [2.05, 4.69) is 169 Å². The molecule has 2 nitrogen and oxygen atoms in total. The highest BCUT2D eigenvalue weighted by Gasteiger charge is 2.18. The van der Waals surface area contributed by atoms with Crippen molar-refractivity contribution in [1.82, 2.24) is 0 Å². The molecule has 0 unspecified atom stereocenters. The minimum atomic E-state index is 0.889. The van der Waals surface area contributed by atoms with Crippen molar-refractivity contribution >= 4 is 71.3 Å². The lowest BCUT2D eigenvalue weighted by molar-refractivity contribution is 0.669. The lowest BCUT2D eigenvalue weighted by Crippen LogP contribution is -2.10. The van der Waals surface area contributed by atoms with Gasteiger partial charge in [-0.2, -0.15) is 0 Å². The smallest absolute Gasteiger partial charge is 0.136 e. The molecule has 9 rings (SSSR count). The molecule has 8 aromatic carbocycles. The summed E-state index contributed by atoms with van der Waals surface area (Å²) in [7, 11) is 0. The van der Waals surface area contributed by atoms with Crippen molar-refractivity contribution in [3.63, 3.8) is 0 Å². The number of rotatable bonds is 4. The summed E-state index contributed by atoms with van der Waals surface area (Å²) >= 11 is 0. The van der Waals surface area contributed by atoms with Gasteiger partial charge in [0.2, 0.25) is 0 Å². The van der Waals surface area contributed by atoms with Gasteiger partial charge in [0, 0.05) is 27.5 Å². The summed E-state index contributed by atoms with van der Waals surface area (Å²) in [5.41, 5.74) is 7.53. The molecule has 0 aliphatic carbocycles. The molecule has 0 atom stereocenters. The standard InChI is InChI=1S/C42H27NO/c1-2-9-28(10-3-1)29-19-21-33(22-20-29)43(40-16-8-13-30-11-5-7-15-36(30)40)34-23-24-41-38(26-34)39-27-37-32(25-42(39)44-41)18-17-31-12-4-6-14-35(31)37/h1-27H. The number of furan rings is 1. The van der Waals surface area contributed by atoms with E-state index in [-0.39, 0.29) is 0 Å². The Hall–Kier alpha value is -5.86. The highest BCUT2D eigenvalue weighted by Crippen LogP contribution is 2.42. The van der Waals surface area contributed by atoms with Gasteiger partial charge in [-0.1, -0.05) is 115 Å². The number of anilines is 3. The summed E-state index contributed by atoms with van der Waals surface area (Å²) in [6, 6.07) is 58.6. The van der Waals surface area contributed by atoms with E-state index in [0.717, 1.165) is 39.0 Å². The molecule has 0 amide bonds. The van der Waals surface area contributed by atoms with Crippen LogP contribution in [0.15, 0.2) is 168 Å². The largest absolute Gasteiger partial charge is 0.456 e. The molecular formula is C42H27NO. The van der Waals surface area contributed by atoms with Crippen molar-refractivity contribution in [2.75, 3.05) is 4.90 Å². The zero-order valence-electron chi connectivity index (χ0n) is 23.9. The first-order chi connectivity index (χ1) is 21.8. The molecule has 1 aromatic heterocycles. The molecular weight excluding hydrogens is 534 g/mol. The predicted molar refractivity (Wildman–Crippen MR) is 186 cm³/mol. The van der Waals surface area contributed by atoms with Crippen LogP contribution in [0.2, 0.25) is 0 Å². The van der Waals surface area contributed by atoms with E-state index in [4.69, 9.17) is 4.42 Å². The monoisotopic (exact) mass is 561 g/mol. The Morgan fingerprint density at radius 3 is 1.82 bits per heavy atom. The molecule has 0 saturated carbocycles. The Morgan fingerprint density at radius 1 is 0.341 bits per heavy atom. The van der Waals surface area contributed by atoms with Crippen LogP contribution in [0.25, 0.3) is 65.4 Å². The third-order valence-electron chi connectivity index (χ3n) is 8.82. The first-order valence-electron chi connectivity index (χ1n) is 15.0. The van der Waals surface area contributed by atoms with Crippen LogP contribution in [-0.4, -0.2) is 0 Å². The zero-order chi connectivity index (χ0) is 29.0. The van der Waals surface area contributed by atoms with Crippen molar-refractivity contribution in [3.05, 3.63) is 164 Å². The van der Waals surface area contributed by atoms with Crippen LogP contribution in [0.3, 0.4) is 0 Å². The van der Waals surface area contributed by atoms with Crippen molar-refractivity contribution in [2.24, 2.45) is 0 Å². The van der Waals surface area contributed by atoms with Gasteiger partial charge in [-0.25, -0.2) is 0 Å². The van der Waals surface area contributed by atoms with Crippen molar-refractivity contribution in [2.45, 2.75) is 0 Å². The van der Waals surface area contributed by atoms with Gasteiger partial charge in [0.1, 0.15) is 11.2 Å². The third-order valence-corrected chi connectivity index (χ3v) is 8.82. The van der Waals surface area contributed by atoms with Gasteiger partial charge in [-0.05, 0) is 86.6 Å². The van der Waals surface area contributed by atoms with E-state index in [1.54, 1.807) is 0 Å². The van der Waals surface area contributed by atoms with E-state index in [1.165, 1.54) is 43.4 Å². The van der Waals surface area contributed by atoms with Gasteiger partial charge in [-0.15, -0.1) is 0 Å². The molecule has 2 heteroatoms. The van der Waals surface area contributed by atoms with Gasteiger partial charge in [0.15, 0.2) is 0 Å². The lowest BCUT2D eigenvalue weighted by Gasteiger charge is -2.27. The fourth-order valence-corrected chi connectivity index (χ4v) is 6.67. The SMILES string of the molecule is c1ccc(-c2ccc(N(c3ccc4oc5cc6ccc7ccccc7c6cc5c4c3)c3cccc4ccccc34)cc2)cc1. The summed E-state index contributed by atoms with van der Waals surface area (Å²) < 4.78 is 6.44. The fourth-order valence-electron chi connectivity index (χ4n) is 6.67.